The Morgan fingerprint density at radius 3 is 1.39 bits per heavy atom. The maximum absolute atomic E-state index is 13.0. The number of amidine groups is 2. The van der Waals surface area contributed by atoms with Crippen molar-refractivity contribution in [3.05, 3.63) is 172 Å². The van der Waals surface area contributed by atoms with E-state index in [-0.39, 0.29) is 121 Å². The van der Waals surface area contributed by atoms with E-state index in [2.05, 4.69) is 150 Å². The van der Waals surface area contributed by atoms with Gasteiger partial charge in [0.2, 0.25) is 0 Å². The standard InChI is InChI=1S/C20H35N3O3S.C18H29N5O4.C18H31N3O2S.C17H29N3O3S.C15H23N5O3.C12H19N3O2S.2CH4/c1-4-7-11-22(12-8-5-2)17-10-13-23(20(24)21-17)18-16-27-19(26-18)15-25-14-9-6-3;1-11-9-22(16(25)23(15(11)24)17(2,3)4)14-8-12(20-21-19)13(27-14)10-26-18(5,6)7;1-12(2)21(13(3)4)16-8-9-20(15(7)19-16)17-11-24-18(23-17)10-22-14(5)6;1-4-8-19(9-5-2)14-7-10-20(17(21)18-14)15-13-24-16(23-15)12-22-11-6-3;1-9-7-20(14(21)17-10(9)2)13-6-11(18-19-16)12(23-13)8-22-15(3,4)5;1-9-13-10(14(2)3)5-6-15(9)11-8-18-12(17-11)7-16-4;;/h10,13,18-19H,4-9,11-12,14-16H2,1-3H3;9,12-14H,8,10H2,1-7H3;8-9,12-14,17-18H,7,10-11H2,1-6H3;7,10,15-16H,4-6,8-9,11-13H2,1-3H3;7,11-13H,2,6,8H2,1,3-5H3,(H,17,21);5-6,11-12H,1,7-8H2,2-4H3;2*1H4/t18-,19+;12?,13-,14-;17-,18+;15-,16+;11?,12-,13-;11-,12+;;/m111111../s1. The van der Waals surface area contributed by atoms with E-state index in [1.54, 1.807) is 97.2 Å². The monoisotopic (exact) mass is 2110 g/mol. The Kier molecular flexibility index (Phi) is 55.4. The van der Waals surface area contributed by atoms with Crippen LogP contribution in [0.4, 0.5) is 16.4 Å². The fourth-order valence-electron chi connectivity index (χ4n) is 15.8. The van der Waals surface area contributed by atoms with E-state index in [1.165, 1.54) is 20.2 Å². The van der Waals surface area contributed by atoms with E-state index in [4.69, 9.17) is 72.9 Å². The molecule has 12 rings (SSSR count). The second-order valence-corrected chi connectivity index (χ2v) is 44.4. The third-order valence-electron chi connectivity index (χ3n) is 23.1. The molecule has 39 nitrogen and oxygen atoms in total. The number of aryl methyl sites for hydroxylation is 1. The van der Waals surface area contributed by atoms with Crippen LogP contribution >= 0.6 is 47.0 Å². The number of carbonyl (C=O) groups is 1. The van der Waals surface area contributed by atoms with Crippen molar-refractivity contribution in [3.63, 3.8) is 0 Å². The molecule has 818 valence electrons. The first-order valence-electron chi connectivity index (χ1n) is 50.3. The summed E-state index contributed by atoms with van der Waals surface area (Å²) in [6, 6.07) is 3.52. The third kappa shape index (κ3) is 40.6. The number of methoxy groups -OCH3 is 1. The van der Waals surface area contributed by atoms with Crippen LogP contribution in [-0.2, 0) is 62.4 Å². The number of aromatic nitrogens is 6. The number of hydrogen-bond acceptors (Lipinski definition) is 33. The van der Waals surface area contributed by atoms with Crippen LogP contribution in [0.3, 0.4) is 0 Å². The van der Waals surface area contributed by atoms with Crippen molar-refractivity contribution in [1.29, 1.82) is 0 Å². The first-order chi connectivity index (χ1) is 67.8. The molecule has 3 aromatic heterocycles. The minimum Gasteiger partial charge on any atom is -0.381 e. The number of likely N-dealkylation sites (N-methyl/N-ethyl adjacent to an activating group) is 1. The number of ether oxygens (including phenoxy) is 12. The predicted molar refractivity (Wildman–Crippen MR) is 588 cm³/mol. The van der Waals surface area contributed by atoms with Gasteiger partial charge in [0.05, 0.1) is 81.2 Å². The van der Waals surface area contributed by atoms with Gasteiger partial charge in [-0.3, -0.25) is 28.0 Å². The van der Waals surface area contributed by atoms with Crippen LogP contribution in [0.15, 0.2) is 144 Å². The SMILES string of the molecule is C.C.C=C1N=C(N(C(C)C)C(C)C)C=CN1[C@H]1CS[C@@H](COC(C)C)O1.C=C1N=C(N(C)C)C=CN1[C@H]1CS[C@@H](COC)O1.C=C1NC(=O)N([C@H]2CC(N=[N+]=[N-])[C@@H](COC(C)(C)C)O2)C=C1C.CCCCOC[C@H]1O[C@@H](n2ccc(N(CCCC)CCCC)nc2=O)CS1.CCCOC[C@H]1O[C@@H](n2ccc(N(CCC)CCC)nc2=O)CS1.Cc1cn([C@H]2CC(N=[N+]=[N-])[C@@H](COC(C)(C)C)O2)c(=O)n(C(C)(C)C)c1=O. The second-order valence-electron chi connectivity index (χ2n) is 39.7. The van der Waals surface area contributed by atoms with Crippen LogP contribution in [0.25, 0.3) is 20.9 Å². The van der Waals surface area contributed by atoms with E-state index in [9.17, 15) is 24.0 Å². The maximum Gasteiger partial charge on any atom is 0.351 e. The number of urea groups is 1. The number of azide groups is 2. The summed E-state index contributed by atoms with van der Waals surface area (Å²) >= 11 is 6.92. The average Bonchev–Trinajstić information content (AvgIpc) is 1.73. The zero-order chi connectivity index (χ0) is 106. The lowest BCUT2D eigenvalue weighted by Crippen LogP contribution is -2.49. The Balaban J connectivity index is 0.000000306. The number of aliphatic imine (C=N–C) groups is 2. The topological polar surface area (TPSA) is 399 Å². The molecular formula is C102H174N22O17S4. The largest absolute Gasteiger partial charge is 0.381 e. The van der Waals surface area contributed by atoms with Gasteiger partial charge in [-0.25, -0.2) is 29.2 Å². The highest BCUT2D eigenvalue weighted by atomic mass is 32.2. The lowest BCUT2D eigenvalue weighted by molar-refractivity contribution is -0.0892. The number of anilines is 2. The first-order valence-corrected chi connectivity index (χ1v) is 54.5. The molecule has 0 aromatic carbocycles. The Morgan fingerprint density at radius 2 is 0.972 bits per heavy atom. The van der Waals surface area contributed by atoms with Crippen LogP contribution in [0.5, 0.6) is 0 Å². The molecule has 0 saturated carbocycles. The van der Waals surface area contributed by atoms with E-state index >= 15 is 0 Å². The number of rotatable bonds is 40. The molecule has 9 aliphatic rings. The molecule has 1 N–H and O–H groups in total. The number of allylic oxidation sites excluding steroid dienone is 1. The van der Waals surface area contributed by atoms with Crippen molar-refractivity contribution in [2.75, 3.05) is 133 Å². The highest BCUT2D eigenvalue weighted by Crippen LogP contribution is 2.38. The van der Waals surface area contributed by atoms with Crippen molar-refractivity contribution >= 4 is 76.4 Å². The number of hydrogen-bond donors (Lipinski definition) is 1. The predicted octanol–water partition coefficient (Wildman–Crippen LogP) is 19.1. The van der Waals surface area contributed by atoms with Crippen LogP contribution in [-0.4, -0.2) is 288 Å². The summed E-state index contributed by atoms with van der Waals surface area (Å²) in [6.45, 7) is 66.2. The van der Waals surface area contributed by atoms with Gasteiger partial charge in [0.25, 0.3) is 5.56 Å². The Labute approximate surface area is 879 Å². The van der Waals surface area contributed by atoms with Gasteiger partial charge >= 0.3 is 23.1 Å². The summed E-state index contributed by atoms with van der Waals surface area (Å²) < 4.78 is 75.1. The van der Waals surface area contributed by atoms with E-state index in [1.807, 2.05) is 134 Å². The molecule has 0 spiro atoms. The fraction of sp³-hybridized carbons (Fsp3) is 0.735. The number of thioether (sulfide) groups is 4. The maximum atomic E-state index is 13.0. The molecular weight excluding hydrogens is 1930 g/mol. The zero-order valence-electron chi connectivity index (χ0n) is 89.8. The summed E-state index contributed by atoms with van der Waals surface area (Å²) in [5.74, 6) is 8.12. The highest BCUT2D eigenvalue weighted by Gasteiger charge is 2.43. The number of amides is 2. The number of carbonyl (C=O) groups excluding carboxylic acids is 1. The van der Waals surface area contributed by atoms with Gasteiger partial charge in [-0.15, -0.1) is 47.0 Å². The van der Waals surface area contributed by atoms with Crippen molar-refractivity contribution in [2.45, 2.75) is 363 Å². The number of nitrogens with one attached hydrogen (secondary N) is 1. The average molecular weight is 2110 g/mol. The van der Waals surface area contributed by atoms with Crippen molar-refractivity contribution in [3.8, 4) is 0 Å². The Morgan fingerprint density at radius 1 is 0.538 bits per heavy atom. The first kappa shape index (κ1) is 127. The summed E-state index contributed by atoms with van der Waals surface area (Å²) in [7, 11) is 5.61. The summed E-state index contributed by atoms with van der Waals surface area (Å²) in [5, 5.41) is 10.3. The van der Waals surface area contributed by atoms with Gasteiger partial charge in [-0.05, 0) is 197 Å². The van der Waals surface area contributed by atoms with E-state index in [0.717, 1.165) is 155 Å². The molecule has 43 heteroatoms. The number of nitrogens with zero attached hydrogens (tertiary/aromatic N) is 21. The van der Waals surface area contributed by atoms with Crippen LogP contribution < -0.4 is 37.7 Å². The Bertz CT molecular complexity index is 5000. The molecule has 9 aliphatic heterocycles. The van der Waals surface area contributed by atoms with Gasteiger partial charge < -0.3 is 91.6 Å². The van der Waals surface area contributed by atoms with Gasteiger partial charge in [-0.2, -0.15) is 9.97 Å². The third-order valence-corrected chi connectivity index (χ3v) is 27.5. The van der Waals surface area contributed by atoms with Crippen molar-refractivity contribution < 1.29 is 61.6 Å². The van der Waals surface area contributed by atoms with Gasteiger partial charge in [0, 0.05) is 172 Å². The minimum absolute atomic E-state index is 0. The molecule has 3 aromatic rings. The van der Waals surface area contributed by atoms with Gasteiger partial charge in [0.1, 0.15) is 94.1 Å². The second kappa shape index (κ2) is 63.1. The molecule has 2 amide bonds. The minimum atomic E-state index is -0.667. The van der Waals surface area contributed by atoms with Gasteiger partial charge in [-0.1, -0.05) is 106 Å². The molecule has 2 unspecified atom stereocenters. The van der Waals surface area contributed by atoms with E-state index < -0.39 is 35.8 Å². The fourth-order valence-corrected chi connectivity index (χ4v) is 19.9. The Hall–Kier alpha value is -8.17. The highest BCUT2D eigenvalue weighted by molar-refractivity contribution is 8.00. The van der Waals surface area contributed by atoms with Gasteiger partial charge in [0.15, 0.2) is 0 Å². The lowest BCUT2D eigenvalue weighted by Gasteiger charge is -2.36. The quantitative estimate of drug-likeness (QED) is 0.0239. The smallest absolute Gasteiger partial charge is 0.351 e. The van der Waals surface area contributed by atoms with Crippen LogP contribution in [0, 0.1) is 6.92 Å². The van der Waals surface area contributed by atoms with Crippen LogP contribution in [0.2, 0.25) is 0 Å². The summed E-state index contributed by atoms with van der Waals surface area (Å²) in [5.41, 5.74) is 17.0. The summed E-state index contributed by atoms with van der Waals surface area (Å²) in [6.07, 6.45) is 23.1. The lowest BCUT2D eigenvalue weighted by atomic mass is 10.1. The molecule has 145 heavy (non-hydrogen) atoms. The molecule has 6 fully saturated rings. The van der Waals surface area contributed by atoms with E-state index in [0.29, 0.717) is 75.0 Å². The zero-order valence-corrected chi connectivity index (χ0v) is 93.0. The molecule has 14 atom stereocenters. The summed E-state index contributed by atoms with van der Waals surface area (Å²) in [4.78, 5) is 100. The number of unbranched alkanes of at least 4 members (excludes halogenated alkanes) is 3. The van der Waals surface area contributed by atoms with Crippen molar-refractivity contribution in [1.82, 2.24) is 58.1 Å². The van der Waals surface area contributed by atoms with Crippen molar-refractivity contribution in [2.24, 2.45) is 20.2 Å². The van der Waals surface area contributed by atoms with Crippen LogP contribution in [0.1, 0.15) is 262 Å². The molecule has 12 heterocycles. The normalized spacial score (nSPS) is 23.3. The molecule has 0 aliphatic carbocycles. The molecule has 0 bridgehead atoms. The molecule has 0 radical (unpaired) electrons. The molecule has 6 saturated heterocycles.